The predicted molar refractivity (Wildman–Crippen MR) is 86.0 cm³/mol. The molecule has 0 aliphatic carbocycles. The van der Waals surface area contributed by atoms with Gasteiger partial charge in [-0.15, -0.1) is 24.8 Å². The Labute approximate surface area is 132 Å². The Balaban J connectivity index is 0.00000180. The Morgan fingerprint density at radius 1 is 1.50 bits per heavy atom. The van der Waals surface area contributed by atoms with Gasteiger partial charge in [0, 0.05) is 18.4 Å². The monoisotopic (exact) mass is 319 g/mol. The molecule has 1 aliphatic heterocycles. The van der Waals surface area contributed by atoms with Crippen molar-refractivity contribution < 1.29 is 4.79 Å². The van der Waals surface area contributed by atoms with Gasteiger partial charge in [0.05, 0.1) is 5.56 Å². The van der Waals surface area contributed by atoms with Crippen LogP contribution in [0.15, 0.2) is 18.3 Å². The molecule has 1 aliphatic rings. The van der Waals surface area contributed by atoms with Crippen molar-refractivity contribution in [3.05, 3.63) is 29.6 Å². The van der Waals surface area contributed by atoms with Crippen LogP contribution in [-0.2, 0) is 0 Å². The molecule has 0 spiro atoms. The molecule has 2 rings (SSSR count). The van der Waals surface area contributed by atoms with Gasteiger partial charge >= 0.3 is 0 Å². The van der Waals surface area contributed by atoms with E-state index >= 15 is 0 Å². The minimum absolute atomic E-state index is 0. The van der Waals surface area contributed by atoms with Crippen molar-refractivity contribution in [3.63, 3.8) is 0 Å². The molecule has 2 heterocycles. The number of aryl methyl sites for hydroxylation is 1. The zero-order chi connectivity index (χ0) is 12.8. The first-order valence-corrected chi connectivity index (χ1v) is 6.68. The van der Waals surface area contributed by atoms with Crippen LogP contribution in [0.25, 0.3) is 0 Å². The summed E-state index contributed by atoms with van der Waals surface area (Å²) in [6, 6.07) is 3.62. The maximum atomic E-state index is 11.9. The first kappa shape index (κ1) is 19.2. The molecule has 1 fully saturated rings. The predicted octanol–water partition coefficient (Wildman–Crippen LogP) is 2.35. The minimum Gasteiger partial charge on any atom is -0.352 e. The maximum absolute atomic E-state index is 11.9. The van der Waals surface area contributed by atoms with Crippen molar-refractivity contribution >= 4 is 30.7 Å². The smallest absolute Gasteiger partial charge is 0.253 e. The summed E-state index contributed by atoms with van der Waals surface area (Å²) < 4.78 is 0. The standard InChI is InChI=1S/C14H21N3O.2ClH/c1-11-13(5-3-8-16-11)14(18)17-9-6-12-4-2-7-15-10-12;;/h3,5,8,12,15H,2,4,6-7,9-10H2,1H3,(H,17,18);2*1H. The minimum atomic E-state index is -0.00984. The second-order valence-electron chi connectivity index (χ2n) is 4.89. The van der Waals surface area contributed by atoms with Crippen LogP contribution in [0.5, 0.6) is 0 Å². The normalized spacial score (nSPS) is 17.6. The van der Waals surface area contributed by atoms with Crippen LogP contribution in [0.3, 0.4) is 0 Å². The lowest BCUT2D eigenvalue weighted by Crippen LogP contribution is -2.33. The van der Waals surface area contributed by atoms with Gasteiger partial charge in [0.2, 0.25) is 0 Å². The summed E-state index contributed by atoms with van der Waals surface area (Å²) in [5.41, 5.74) is 1.47. The molecule has 0 radical (unpaired) electrons. The number of carbonyl (C=O) groups is 1. The van der Waals surface area contributed by atoms with Crippen LogP contribution in [0.4, 0.5) is 0 Å². The van der Waals surface area contributed by atoms with E-state index in [2.05, 4.69) is 15.6 Å². The molecule has 1 unspecified atom stereocenters. The molecule has 0 bridgehead atoms. The summed E-state index contributed by atoms with van der Waals surface area (Å²) in [5.74, 6) is 0.693. The van der Waals surface area contributed by atoms with Gasteiger partial charge in [-0.05, 0) is 57.3 Å². The van der Waals surface area contributed by atoms with Crippen molar-refractivity contribution in [1.82, 2.24) is 15.6 Å². The zero-order valence-electron chi connectivity index (χ0n) is 11.7. The van der Waals surface area contributed by atoms with E-state index in [0.29, 0.717) is 11.5 Å². The topological polar surface area (TPSA) is 54.0 Å². The first-order chi connectivity index (χ1) is 8.77. The molecule has 20 heavy (non-hydrogen) atoms. The van der Waals surface area contributed by atoms with Gasteiger partial charge in [-0.3, -0.25) is 9.78 Å². The Morgan fingerprint density at radius 3 is 2.95 bits per heavy atom. The fourth-order valence-corrected chi connectivity index (χ4v) is 2.38. The molecular formula is C14H23Cl2N3O. The molecule has 1 atom stereocenters. The number of pyridine rings is 1. The van der Waals surface area contributed by atoms with Crippen LogP contribution < -0.4 is 10.6 Å². The van der Waals surface area contributed by atoms with Crippen LogP contribution in [0, 0.1) is 12.8 Å². The number of nitrogens with zero attached hydrogens (tertiary/aromatic N) is 1. The summed E-state index contributed by atoms with van der Waals surface area (Å²) in [6.45, 7) is 4.83. The van der Waals surface area contributed by atoms with Gasteiger partial charge in [-0.2, -0.15) is 0 Å². The van der Waals surface area contributed by atoms with Crippen molar-refractivity contribution in [2.45, 2.75) is 26.2 Å². The summed E-state index contributed by atoms with van der Waals surface area (Å²) >= 11 is 0. The molecule has 0 saturated carbocycles. The highest BCUT2D eigenvalue weighted by Crippen LogP contribution is 2.13. The van der Waals surface area contributed by atoms with Crippen molar-refractivity contribution in [2.75, 3.05) is 19.6 Å². The SMILES string of the molecule is Cc1ncccc1C(=O)NCCC1CCCNC1.Cl.Cl. The molecule has 1 aromatic heterocycles. The van der Waals surface area contributed by atoms with Crippen LogP contribution in [-0.4, -0.2) is 30.5 Å². The average Bonchev–Trinajstić information content (AvgIpc) is 2.40. The summed E-state index contributed by atoms with van der Waals surface area (Å²) in [4.78, 5) is 16.1. The highest BCUT2D eigenvalue weighted by molar-refractivity contribution is 5.95. The lowest BCUT2D eigenvalue weighted by atomic mass is 9.96. The van der Waals surface area contributed by atoms with Crippen LogP contribution >= 0.6 is 24.8 Å². The van der Waals surface area contributed by atoms with Crippen molar-refractivity contribution in [3.8, 4) is 0 Å². The number of carbonyl (C=O) groups excluding carboxylic acids is 1. The van der Waals surface area contributed by atoms with E-state index in [1.54, 1.807) is 12.3 Å². The molecule has 1 amide bonds. The van der Waals surface area contributed by atoms with Crippen molar-refractivity contribution in [1.29, 1.82) is 0 Å². The lowest BCUT2D eigenvalue weighted by molar-refractivity contribution is 0.0949. The number of halogens is 2. The zero-order valence-corrected chi connectivity index (χ0v) is 13.4. The third-order valence-electron chi connectivity index (χ3n) is 3.49. The van der Waals surface area contributed by atoms with E-state index in [-0.39, 0.29) is 30.7 Å². The molecule has 114 valence electrons. The maximum Gasteiger partial charge on any atom is 0.253 e. The average molecular weight is 320 g/mol. The van der Waals surface area contributed by atoms with E-state index in [4.69, 9.17) is 0 Å². The van der Waals surface area contributed by atoms with Crippen LogP contribution in [0.1, 0.15) is 35.3 Å². The lowest BCUT2D eigenvalue weighted by Gasteiger charge is -2.22. The number of amides is 1. The Morgan fingerprint density at radius 2 is 2.30 bits per heavy atom. The molecule has 1 saturated heterocycles. The van der Waals surface area contributed by atoms with Gasteiger partial charge in [-0.1, -0.05) is 0 Å². The molecule has 0 aromatic carbocycles. The second-order valence-corrected chi connectivity index (χ2v) is 4.89. The van der Waals surface area contributed by atoms with E-state index < -0.39 is 0 Å². The van der Waals surface area contributed by atoms with Gasteiger partial charge in [-0.25, -0.2) is 0 Å². The van der Waals surface area contributed by atoms with Crippen molar-refractivity contribution in [2.24, 2.45) is 5.92 Å². The summed E-state index contributed by atoms with van der Waals surface area (Å²) in [5, 5.41) is 6.37. The Bertz CT molecular complexity index is 409. The van der Waals surface area contributed by atoms with E-state index in [1.807, 2.05) is 13.0 Å². The molecule has 1 aromatic rings. The van der Waals surface area contributed by atoms with Gasteiger partial charge in [0.1, 0.15) is 0 Å². The third-order valence-corrected chi connectivity index (χ3v) is 3.49. The van der Waals surface area contributed by atoms with E-state index in [1.165, 1.54) is 12.8 Å². The van der Waals surface area contributed by atoms with Gasteiger partial charge in [0.15, 0.2) is 0 Å². The molecule has 2 N–H and O–H groups in total. The van der Waals surface area contributed by atoms with Gasteiger partial charge in [0.25, 0.3) is 5.91 Å². The first-order valence-electron chi connectivity index (χ1n) is 6.68. The largest absolute Gasteiger partial charge is 0.352 e. The van der Waals surface area contributed by atoms with E-state index in [0.717, 1.165) is 31.7 Å². The fourth-order valence-electron chi connectivity index (χ4n) is 2.38. The molecule has 4 nitrogen and oxygen atoms in total. The van der Waals surface area contributed by atoms with Gasteiger partial charge < -0.3 is 10.6 Å². The van der Waals surface area contributed by atoms with E-state index in [9.17, 15) is 4.79 Å². The number of aromatic nitrogens is 1. The number of nitrogens with one attached hydrogen (secondary N) is 2. The Hall–Kier alpha value is -0.840. The molecule has 6 heteroatoms. The summed E-state index contributed by atoms with van der Waals surface area (Å²) in [7, 11) is 0. The third kappa shape index (κ3) is 5.65. The highest BCUT2D eigenvalue weighted by Gasteiger charge is 2.13. The quantitative estimate of drug-likeness (QED) is 0.895. The number of rotatable bonds is 4. The molecular weight excluding hydrogens is 297 g/mol. The number of hydrogen-bond donors (Lipinski definition) is 2. The highest BCUT2D eigenvalue weighted by atomic mass is 35.5. The number of piperidine rings is 1. The van der Waals surface area contributed by atoms with Crippen LogP contribution in [0.2, 0.25) is 0 Å². The summed E-state index contributed by atoms with van der Waals surface area (Å²) in [6.07, 6.45) is 5.28. The fraction of sp³-hybridized carbons (Fsp3) is 0.571. The number of hydrogen-bond acceptors (Lipinski definition) is 3. The second kappa shape index (κ2) is 9.97. The Kier molecular flexibility index (Phi) is 9.55.